The zero-order valence-electron chi connectivity index (χ0n) is 10.1. The Morgan fingerprint density at radius 3 is 2.65 bits per heavy atom. The van der Waals surface area contributed by atoms with E-state index in [4.69, 9.17) is 16.3 Å². The van der Waals surface area contributed by atoms with Crippen LogP contribution in [-0.4, -0.2) is 23.9 Å². The first-order chi connectivity index (χ1) is 8.10. The summed E-state index contributed by atoms with van der Waals surface area (Å²) in [6, 6.07) is 4.51. The second-order valence-corrected chi connectivity index (χ2v) is 4.28. The van der Waals surface area contributed by atoms with Crippen LogP contribution in [-0.2, 0) is 11.2 Å². The molecule has 17 heavy (non-hydrogen) atoms. The minimum absolute atomic E-state index is 0.171. The Morgan fingerprint density at radius 2 is 2.12 bits per heavy atom. The smallest absolute Gasteiger partial charge is 0.127 e. The highest BCUT2D eigenvalue weighted by atomic mass is 35.5. The fourth-order valence-electron chi connectivity index (χ4n) is 1.78. The van der Waals surface area contributed by atoms with Crippen molar-refractivity contribution in [2.24, 2.45) is 0 Å². The number of aliphatic hydroxyl groups excluding tert-OH is 1. The van der Waals surface area contributed by atoms with Crippen molar-refractivity contribution in [1.82, 2.24) is 0 Å². The fourth-order valence-corrected chi connectivity index (χ4v) is 2.02. The molecule has 2 nitrogen and oxygen atoms in total. The molecule has 0 fully saturated rings. The van der Waals surface area contributed by atoms with Crippen LogP contribution in [0.4, 0.5) is 4.39 Å². The number of halogens is 2. The lowest BCUT2D eigenvalue weighted by Crippen LogP contribution is -2.30. The lowest BCUT2D eigenvalue weighted by Gasteiger charge is -2.22. The van der Waals surface area contributed by atoms with E-state index in [0.717, 1.165) is 0 Å². The molecule has 2 unspecified atom stereocenters. The maximum Gasteiger partial charge on any atom is 0.127 e. The zero-order valence-corrected chi connectivity index (χ0v) is 10.9. The Balaban J connectivity index is 2.76. The van der Waals surface area contributed by atoms with Crippen molar-refractivity contribution in [3.63, 3.8) is 0 Å². The normalized spacial score (nSPS) is 14.6. The predicted molar refractivity (Wildman–Crippen MR) is 66.8 cm³/mol. The van der Waals surface area contributed by atoms with Crippen molar-refractivity contribution in [2.45, 2.75) is 38.9 Å². The molecule has 0 aromatic heterocycles. The van der Waals surface area contributed by atoms with Crippen LogP contribution in [0.15, 0.2) is 18.2 Å². The summed E-state index contributed by atoms with van der Waals surface area (Å²) in [6.07, 6.45) is -0.171. The molecule has 0 saturated heterocycles. The number of hydrogen-bond donors (Lipinski definition) is 1. The molecule has 1 N–H and O–H groups in total. The summed E-state index contributed by atoms with van der Waals surface area (Å²) >= 11 is 5.91. The van der Waals surface area contributed by atoms with Gasteiger partial charge < -0.3 is 9.84 Å². The van der Waals surface area contributed by atoms with Gasteiger partial charge in [-0.05, 0) is 25.5 Å². The molecule has 0 aliphatic heterocycles. The Kier molecular flexibility index (Phi) is 5.89. The van der Waals surface area contributed by atoms with Crippen LogP contribution in [0.1, 0.15) is 25.8 Å². The minimum atomic E-state index is -0.741. The first-order valence-electron chi connectivity index (χ1n) is 5.82. The summed E-state index contributed by atoms with van der Waals surface area (Å²) in [6.45, 7) is 4.32. The topological polar surface area (TPSA) is 29.5 Å². The molecular formula is C13H18ClFO2. The predicted octanol–water partition coefficient (Wildman–Crippen LogP) is 3.20. The van der Waals surface area contributed by atoms with Gasteiger partial charge in [-0.25, -0.2) is 4.39 Å². The highest BCUT2D eigenvalue weighted by Crippen LogP contribution is 2.22. The Bertz CT molecular complexity index is 337. The third-order valence-electron chi connectivity index (χ3n) is 2.69. The van der Waals surface area contributed by atoms with E-state index in [1.165, 1.54) is 6.07 Å². The van der Waals surface area contributed by atoms with E-state index >= 15 is 0 Å². The van der Waals surface area contributed by atoms with Gasteiger partial charge in [0.05, 0.1) is 12.2 Å². The molecule has 0 bridgehead atoms. The summed E-state index contributed by atoms with van der Waals surface area (Å²) in [5.41, 5.74) is 0.347. The highest BCUT2D eigenvalue weighted by molar-refractivity contribution is 6.31. The van der Waals surface area contributed by atoms with Gasteiger partial charge in [0.2, 0.25) is 0 Å². The van der Waals surface area contributed by atoms with Gasteiger partial charge in [0.1, 0.15) is 5.82 Å². The van der Waals surface area contributed by atoms with Gasteiger partial charge >= 0.3 is 0 Å². The monoisotopic (exact) mass is 260 g/mol. The maximum atomic E-state index is 13.5. The zero-order chi connectivity index (χ0) is 12.8. The molecule has 1 aromatic rings. The van der Waals surface area contributed by atoms with Crippen molar-refractivity contribution in [2.75, 3.05) is 6.61 Å². The number of rotatable bonds is 6. The summed E-state index contributed by atoms with van der Waals surface area (Å²) in [4.78, 5) is 0. The van der Waals surface area contributed by atoms with Crippen LogP contribution in [0, 0.1) is 5.82 Å². The molecule has 0 saturated carbocycles. The molecule has 0 aliphatic rings. The number of aliphatic hydroxyl groups is 1. The van der Waals surface area contributed by atoms with E-state index in [2.05, 4.69) is 0 Å². The van der Waals surface area contributed by atoms with Crippen LogP contribution >= 0.6 is 11.6 Å². The summed E-state index contributed by atoms with van der Waals surface area (Å²) in [5.74, 6) is -0.386. The molecule has 0 heterocycles. The van der Waals surface area contributed by atoms with Crippen molar-refractivity contribution in [1.29, 1.82) is 0 Å². The van der Waals surface area contributed by atoms with E-state index in [-0.39, 0.29) is 18.3 Å². The Labute approximate surface area is 106 Å². The molecule has 0 aliphatic carbocycles. The summed E-state index contributed by atoms with van der Waals surface area (Å²) in [5, 5.41) is 10.3. The fraction of sp³-hybridized carbons (Fsp3) is 0.538. The highest BCUT2D eigenvalue weighted by Gasteiger charge is 2.20. The minimum Gasteiger partial charge on any atom is -0.390 e. The molecular weight excluding hydrogens is 243 g/mol. The van der Waals surface area contributed by atoms with Crippen molar-refractivity contribution < 1.29 is 14.2 Å². The molecule has 0 amide bonds. The Hall–Kier alpha value is -0.640. The van der Waals surface area contributed by atoms with Crippen LogP contribution in [0.2, 0.25) is 5.02 Å². The van der Waals surface area contributed by atoms with E-state index in [0.29, 0.717) is 23.6 Å². The van der Waals surface area contributed by atoms with E-state index in [1.807, 2.05) is 13.8 Å². The van der Waals surface area contributed by atoms with E-state index in [9.17, 15) is 9.50 Å². The van der Waals surface area contributed by atoms with Gasteiger partial charge in [-0.15, -0.1) is 0 Å². The van der Waals surface area contributed by atoms with Gasteiger partial charge in [0.25, 0.3) is 0 Å². The molecule has 96 valence electrons. The number of hydrogen-bond acceptors (Lipinski definition) is 2. The van der Waals surface area contributed by atoms with Crippen molar-refractivity contribution in [3.8, 4) is 0 Å². The van der Waals surface area contributed by atoms with Crippen LogP contribution in [0.3, 0.4) is 0 Å². The van der Waals surface area contributed by atoms with E-state index in [1.54, 1.807) is 12.1 Å². The molecule has 1 rings (SSSR count). The summed E-state index contributed by atoms with van der Waals surface area (Å²) in [7, 11) is 0. The first kappa shape index (κ1) is 14.4. The number of ether oxygens (including phenoxy) is 1. The average Bonchev–Trinajstić information content (AvgIpc) is 2.30. The standard InChI is InChI=1S/C13H18ClFO2/c1-3-13(17-4-2)12(16)8-9-10(14)6-5-7-11(9)15/h5-7,12-13,16H,3-4,8H2,1-2H3. The van der Waals surface area contributed by atoms with Crippen molar-refractivity contribution >= 4 is 11.6 Å². The lowest BCUT2D eigenvalue weighted by molar-refractivity contribution is -0.0337. The van der Waals surface area contributed by atoms with Gasteiger partial charge in [0, 0.05) is 23.6 Å². The largest absolute Gasteiger partial charge is 0.390 e. The average molecular weight is 261 g/mol. The molecule has 2 atom stereocenters. The van der Waals surface area contributed by atoms with Gasteiger partial charge in [-0.1, -0.05) is 24.6 Å². The summed E-state index contributed by atoms with van der Waals surface area (Å²) < 4.78 is 18.9. The van der Waals surface area contributed by atoms with Crippen LogP contribution in [0.5, 0.6) is 0 Å². The van der Waals surface area contributed by atoms with Gasteiger partial charge in [-0.3, -0.25) is 0 Å². The Morgan fingerprint density at radius 1 is 1.41 bits per heavy atom. The molecule has 1 aromatic carbocycles. The first-order valence-corrected chi connectivity index (χ1v) is 6.20. The van der Waals surface area contributed by atoms with E-state index < -0.39 is 6.10 Å². The number of benzene rings is 1. The third-order valence-corrected chi connectivity index (χ3v) is 3.04. The van der Waals surface area contributed by atoms with Crippen LogP contribution < -0.4 is 0 Å². The third kappa shape index (κ3) is 3.95. The quantitative estimate of drug-likeness (QED) is 0.851. The molecule has 0 radical (unpaired) electrons. The second-order valence-electron chi connectivity index (χ2n) is 3.87. The second kappa shape index (κ2) is 6.94. The molecule has 4 heteroatoms. The van der Waals surface area contributed by atoms with Gasteiger partial charge in [-0.2, -0.15) is 0 Å². The lowest BCUT2D eigenvalue weighted by atomic mass is 10.0. The maximum absolute atomic E-state index is 13.5. The van der Waals surface area contributed by atoms with Crippen molar-refractivity contribution in [3.05, 3.63) is 34.6 Å². The van der Waals surface area contributed by atoms with Crippen LogP contribution in [0.25, 0.3) is 0 Å². The molecule has 0 spiro atoms. The van der Waals surface area contributed by atoms with Gasteiger partial charge in [0.15, 0.2) is 0 Å². The SMILES string of the molecule is CCOC(CC)C(O)Cc1c(F)cccc1Cl.